The lowest BCUT2D eigenvalue weighted by Gasteiger charge is -2.24. The van der Waals surface area contributed by atoms with Crippen molar-refractivity contribution >= 4 is 29.9 Å². The van der Waals surface area contributed by atoms with Gasteiger partial charge in [0.25, 0.3) is 0 Å². The fourth-order valence-corrected chi connectivity index (χ4v) is 3.14. The fourth-order valence-electron chi connectivity index (χ4n) is 3.14. The van der Waals surface area contributed by atoms with E-state index < -0.39 is 5.60 Å². The van der Waals surface area contributed by atoms with Crippen molar-refractivity contribution in [2.45, 2.75) is 44.3 Å². The Labute approximate surface area is 189 Å². The molecule has 2 aromatic heterocycles. The highest BCUT2D eigenvalue weighted by molar-refractivity contribution is 14.0. The third-order valence-corrected chi connectivity index (χ3v) is 4.89. The van der Waals surface area contributed by atoms with E-state index in [0.29, 0.717) is 19.0 Å². The first-order chi connectivity index (χ1) is 13.5. The van der Waals surface area contributed by atoms with E-state index in [-0.39, 0.29) is 36.6 Å². The quantitative estimate of drug-likeness (QED) is 0.282. The summed E-state index contributed by atoms with van der Waals surface area (Å²) in [7, 11) is 1.83. The van der Waals surface area contributed by atoms with Gasteiger partial charge in [-0.1, -0.05) is 0 Å². The Hall–Kier alpha value is -1.59. The number of guanidine groups is 1. The molecule has 2 unspecified atom stereocenters. The van der Waals surface area contributed by atoms with Gasteiger partial charge < -0.3 is 24.9 Å². The van der Waals surface area contributed by atoms with Crippen LogP contribution in [-0.2, 0) is 23.8 Å². The summed E-state index contributed by atoms with van der Waals surface area (Å²) in [6.45, 7) is 4.17. The molecule has 1 saturated heterocycles. The molecule has 2 atom stereocenters. The Morgan fingerprint density at radius 2 is 2.28 bits per heavy atom. The van der Waals surface area contributed by atoms with Crippen LogP contribution in [0, 0.1) is 0 Å². The van der Waals surface area contributed by atoms with Gasteiger partial charge in [0.2, 0.25) is 0 Å². The van der Waals surface area contributed by atoms with Crippen LogP contribution in [0.15, 0.2) is 40.2 Å². The third kappa shape index (κ3) is 7.63. The molecule has 3 N–H and O–H groups in total. The first kappa shape index (κ1) is 23.7. The van der Waals surface area contributed by atoms with E-state index in [1.54, 1.807) is 24.1 Å². The second-order valence-electron chi connectivity index (χ2n) is 7.47. The minimum atomic E-state index is -1.09. The molecular weight excluding hydrogens is 485 g/mol. The summed E-state index contributed by atoms with van der Waals surface area (Å²) in [5.74, 6) is 1.58. The van der Waals surface area contributed by atoms with Gasteiger partial charge in [0.1, 0.15) is 11.4 Å². The van der Waals surface area contributed by atoms with Crippen LogP contribution in [0.1, 0.15) is 37.5 Å². The van der Waals surface area contributed by atoms with Crippen molar-refractivity contribution in [2.24, 2.45) is 12.0 Å². The lowest BCUT2D eigenvalue weighted by atomic mass is 10.0. The number of nitrogens with one attached hydrogen (secondary N) is 2. The number of hydrogen-bond acceptors (Lipinski definition) is 5. The summed E-state index contributed by atoms with van der Waals surface area (Å²) in [5, 5.41) is 21.6. The Bertz CT molecular complexity index is 739. The molecule has 0 saturated carbocycles. The Balaban J connectivity index is 0.00000300. The molecule has 0 bridgehead atoms. The van der Waals surface area contributed by atoms with Crippen molar-refractivity contribution in [3.05, 3.63) is 42.1 Å². The van der Waals surface area contributed by atoms with Crippen molar-refractivity contribution in [3.8, 4) is 0 Å². The SMILES string of the molecule is Cn1cc(C(C)(O)CN=C(NCCc2ccco2)NCC2CCCCO2)cn1.I. The summed E-state index contributed by atoms with van der Waals surface area (Å²) < 4.78 is 12.8. The van der Waals surface area contributed by atoms with Crippen molar-refractivity contribution in [1.29, 1.82) is 0 Å². The van der Waals surface area contributed by atoms with Crippen molar-refractivity contribution in [3.63, 3.8) is 0 Å². The average Bonchev–Trinajstić information content (AvgIpc) is 3.36. The fraction of sp³-hybridized carbons (Fsp3) is 0.600. The molecule has 1 fully saturated rings. The number of aliphatic imine (C=N–C) groups is 1. The zero-order chi connectivity index (χ0) is 19.8. The number of aliphatic hydroxyl groups is 1. The number of ether oxygens (including phenoxy) is 1. The summed E-state index contributed by atoms with van der Waals surface area (Å²) in [6, 6.07) is 3.84. The summed E-state index contributed by atoms with van der Waals surface area (Å²) in [6.07, 6.45) is 9.49. The highest BCUT2D eigenvalue weighted by atomic mass is 127. The topological polar surface area (TPSA) is 96.8 Å². The second-order valence-corrected chi connectivity index (χ2v) is 7.47. The Kier molecular flexibility index (Phi) is 9.44. The summed E-state index contributed by atoms with van der Waals surface area (Å²) in [5.41, 5.74) is -0.352. The van der Waals surface area contributed by atoms with Crippen LogP contribution in [0.25, 0.3) is 0 Å². The van der Waals surface area contributed by atoms with Gasteiger partial charge in [-0.05, 0) is 38.3 Å². The standard InChI is InChI=1S/C20H31N5O3.HI/c1-20(26,16-12-24-25(2)14-16)15-23-19(21-9-8-17-7-5-11-27-17)22-13-18-6-3-4-10-28-18;/h5,7,11-12,14,18,26H,3-4,6,8-10,13,15H2,1-2H3,(H2,21,22,23);1H. The summed E-state index contributed by atoms with van der Waals surface area (Å²) in [4.78, 5) is 4.61. The van der Waals surface area contributed by atoms with E-state index in [1.807, 2.05) is 25.4 Å². The van der Waals surface area contributed by atoms with Gasteiger partial charge in [0.15, 0.2) is 5.96 Å². The molecule has 2 aromatic rings. The maximum atomic E-state index is 10.8. The van der Waals surface area contributed by atoms with Gasteiger partial charge in [0.05, 0.1) is 25.1 Å². The minimum Gasteiger partial charge on any atom is -0.469 e. The maximum Gasteiger partial charge on any atom is 0.191 e. The van der Waals surface area contributed by atoms with E-state index >= 15 is 0 Å². The Morgan fingerprint density at radius 1 is 1.41 bits per heavy atom. The van der Waals surface area contributed by atoms with Crippen LogP contribution < -0.4 is 10.6 Å². The molecule has 0 aliphatic carbocycles. The number of aromatic nitrogens is 2. The van der Waals surface area contributed by atoms with Gasteiger partial charge in [-0.25, -0.2) is 4.99 Å². The van der Waals surface area contributed by atoms with Crippen LogP contribution in [0.5, 0.6) is 0 Å². The van der Waals surface area contributed by atoms with Gasteiger partial charge in [-0.2, -0.15) is 5.10 Å². The van der Waals surface area contributed by atoms with Crippen molar-refractivity contribution in [2.75, 3.05) is 26.2 Å². The Morgan fingerprint density at radius 3 is 2.93 bits per heavy atom. The van der Waals surface area contributed by atoms with Gasteiger partial charge >= 0.3 is 0 Å². The van der Waals surface area contributed by atoms with Gasteiger partial charge in [-0.15, -0.1) is 24.0 Å². The lowest BCUT2D eigenvalue weighted by molar-refractivity contribution is 0.0194. The maximum absolute atomic E-state index is 10.8. The van der Waals surface area contributed by atoms with Gasteiger partial charge in [0, 0.05) is 44.9 Å². The van der Waals surface area contributed by atoms with Crippen LogP contribution >= 0.6 is 24.0 Å². The van der Waals surface area contributed by atoms with E-state index in [4.69, 9.17) is 9.15 Å². The molecule has 3 rings (SSSR count). The number of rotatable bonds is 8. The normalized spacial score (nSPS) is 19.3. The van der Waals surface area contributed by atoms with E-state index in [9.17, 15) is 5.11 Å². The molecule has 1 aliphatic rings. The minimum absolute atomic E-state index is 0. The van der Waals surface area contributed by atoms with Gasteiger partial charge in [-0.3, -0.25) is 4.68 Å². The zero-order valence-electron chi connectivity index (χ0n) is 17.1. The predicted molar refractivity (Wildman–Crippen MR) is 123 cm³/mol. The molecule has 9 heteroatoms. The zero-order valence-corrected chi connectivity index (χ0v) is 19.5. The number of hydrogen-bond donors (Lipinski definition) is 3. The molecule has 0 amide bonds. The number of nitrogens with zero attached hydrogens (tertiary/aromatic N) is 3. The first-order valence-electron chi connectivity index (χ1n) is 9.90. The molecular formula is C20H32IN5O3. The average molecular weight is 517 g/mol. The highest BCUT2D eigenvalue weighted by Crippen LogP contribution is 2.20. The third-order valence-electron chi connectivity index (χ3n) is 4.89. The molecule has 0 radical (unpaired) electrons. The largest absolute Gasteiger partial charge is 0.469 e. The lowest BCUT2D eigenvalue weighted by Crippen LogP contribution is -2.44. The van der Waals surface area contributed by atoms with E-state index in [2.05, 4.69) is 20.7 Å². The van der Waals surface area contributed by atoms with Crippen molar-refractivity contribution in [1.82, 2.24) is 20.4 Å². The van der Waals surface area contributed by atoms with Crippen LogP contribution in [0.4, 0.5) is 0 Å². The van der Waals surface area contributed by atoms with Crippen LogP contribution in [-0.4, -0.2) is 53.2 Å². The van der Waals surface area contributed by atoms with Crippen molar-refractivity contribution < 1.29 is 14.3 Å². The second kappa shape index (κ2) is 11.6. The first-order valence-corrected chi connectivity index (χ1v) is 9.90. The molecule has 1 aliphatic heterocycles. The molecule has 162 valence electrons. The van der Waals surface area contributed by atoms with Crippen LogP contribution in [0.2, 0.25) is 0 Å². The number of halogens is 1. The molecule has 29 heavy (non-hydrogen) atoms. The monoisotopic (exact) mass is 517 g/mol. The smallest absolute Gasteiger partial charge is 0.191 e. The summed E-state index contributed by atoms with van der Waals surface area (Å²) >= 11 is 0. The van der Waals surface area contributed by atoms with E-state index in [1.165, 1.54) is 6.42 Å². The molecule has 8 nitrogen and oxygen atoms in total. The predicted octanol–water partition coefficient (Wildman–Crippen LogP) is 2.19. The number of furan rings is 1. The van der Waals surface area contributed by atoms with E-state index in [0.717, 1.165) is 37.2 Å². The highest BCUT2D eigenvalue weighted by Gasteiger charge is 2.25. The van der Waals surface area contributed by atoms with Crippen LogP contribution in [0.3, 0.4) is 0 Å². The molecule has 3 heterocycles. The molecule has 0 aromatic carbocycles. The number of aryl methyl sites for hydroxylation is 1. The molecule has 0 spiro atoms.